The molecule has 7 nitrogen and oxygen atoms in total. The molecule has 0 atom stereocenters. The van der Waals surface area contributed by atoms with Gasteiger partial charge in [0, 0.05) is 35.7 Å². The standard InChI is InChI=1S/C31H33N5O2/c1-19-12-23(21-6-7-22-13-20(2)32-27(22)15-21)14-24-17-36(10-11-38-30(19)24)31-26-9-8-25(37-5)16-28(26)33-29(34-31)18-35(3)4/h6-9,12,14-16H,10-11,13,17-18H2,1-5H3. The molecule has 0 bridgehead atoms. The molecule has 0 saturated heterocycles. The van der Waals surface area contributed by atoms with E-state index in [1.54, 1.807) is 7.11 Å². The lowest BCUT2D eigenvalue weighted by atomic mass is 9.97. The molecule has 0 amide bonds. The third-order valence-electron chi connectivity index (χ3n) is 7.18. The fraction of sp³-hybridized carbons (Fsp3) is 0.323. The summed E-state index contributed by atoms with van der Waals surface area (Å²) in [5, 5.41) is 1.01. The van der Waals surface area contributed by atoms with E-state index in [0.717, 1.165) is 63.8 Å². The molecule has 38 heavy (non-hydrogen) atoms. The fourth-order valence-corrected chi connectivity index (χ4v) is 5.44. The van der Waals surface area contributed by atoms with Gasteiger partial charge in [-0.2, -0.15) is 0 Å². The summed E-state index contributed by atoms with van der Waals surface area (Å²) in [7, 11) is 5.75. The second-order valence-corrected chi connectivity index (χ2v) is 10.5. The van der Waals surface area contributed by atoms with E-state index in [1.165, 1.54) is 22.4 Å². The minimum Gasteiger partial charge on any atom is -0.497 e. The van der Waals surface area contributed by atoms with Crippen LogP contribution in [-0.2, 0) is 19.5 Å². The van der Waals surface area contributed by atoms with Crippen molar-refractivity contribution in [1.82, 2.24) is 14.9 Å². The molecule has 3 aromatic carbocycles. The summed E-state index contributed by atoms with van der Waals surface area (Å²) in [5.74, 6) is 3.47. The molecule has 3 heterocycles. The van der Waals surface area contributed by atoms with Crippen LogP contribution in [0.15, 0.2) is 53.5 Å². The molecule has 194 valence electrons. The lowest BCUT2D eigenvalue weighted by Crippen LogP contribution is -2.27. The highest BCUT2D eigenvalue weighted by atomic mass is 16.5. The van der Waals surface area contributed by atoms with Crippen LogP contribution >= 0.6 is 0 Å². The lowest BCUT2D eigenvalue weighted by molar-refractivity contribution is 0.329. The maximum atomic E-state index is 6.32. The van der Waals surface area contributed by atoms with E-state index in [1.807, 2.05) is 26.2 Å². The van der Waals surface area contributed by atoms with Crippen molar-refractivity contribution in [2.75, 3.05) is 39.3 Å². The zero-order valence-electron chi connectivity index (χ0n) is 22.7. The lowest BCUT2D eigenvalue weighted by Gasteiger charge is -2.24. The molecule has 0 saturated carbocycles. The Labute approximate surface area is 223 Å². The number of ether oxygens (including phenoxy) is 2. The molecule has 0 spiro atoms. The van der Waals surface area contributed by atoms with Crippen LogP contribution in [0, 0.1) is 6.92 Å². The molecule has 0 radical (unpaired) electrons. The Morgan fingerprint density at radius 3 is 2.66 bits per heavy atom. The number of rotatable bonds is 5. The van der Waals surface area contributed by atoms with Crippen molar-refractivity contribution in [2.45, 2.75) is 33.4 Å². The van der Waals surface area contributed by atoms with E-state index in [2.05, 4.69) is 60.0 Å². The van der Waals surface area contributed by atoms with Gasteiger partial charge in [-0.1, -0.05) is 12.1 Å². The topological polar surface area (TPSA) is 63.1 Å². The van der Waals surface area contributed by atoms with Crippen molar-refractivity contribution in [3.63, 3.8) is 0 Å². The van der Waals surface area contributed by atoms with Crippen molar-refractivity contribution in [3.8, 4) is 22.6 Å². The second-order valence-electron chi connectivity index (χ2n) is 10.5. The average molecular weight is 508 g/mol. The molecule has 4 aromatic rings. The number of hydrogen-bond donors (Lipinski definition) is 0. The normalized spacial score (nSPS) is 14.7. The number of aryl methyl sites for hydroxylation is 1. The summed E-state index contributed by atoms with van der Waals surface area (Å²) >= 11 is 0. The smallest absolute Gasteiger partial charge is 0.145 e. The highest BCUT2D eigenvalue weighted by Gasteiger charge is 2.23. The predicted molar refractivity (Wildman–Crippen MR) is 153 cm³/mol. The van der Waals surface area contributed by atoms with Gasteiger partial charge < -0.3 is 19.3 Å². The number of hydrogen-bond acceptors (Lipinski definition) is 7. The van der Waals surface area contributed by atoms with Crippen LogP contribution in [0.5, 0.6) is 11.5 Å². The summed E-state index contributed by atoms with van der Waals surface area (Å²) in [6.07, 6.45) is 0.941. The summed E-state index contributed by atoms with van der Waals surface area (Å²) < 4.78 is 11.8. The van der Waals surface area contributed by atoms with Crippen molar-refractivity contribution in [3.05, 3.63) is 71.0 Å². The van der Waals surface area contributed by atoms with Crippen LogP contribution in [0.2, 0.25) is 0 Å². The van der Waals surface area contributed by atoms with Crippen LogP contribution in [0.1, 0.15) is 29.4 Å². The fourth-order valence-electron chi connectivity index (χ4n) is 5.44. The van der Waals surface area contributed by atoms with Gasteiger partial charge in [-0.05, 0) is 80.5 Å². The molecule has 7 heteroatoms. The van der Waals surface area contributed by atoms with E-state index in [-0.39, 0.29) is 0 Å². The van der Waals surface area contributed by atoms with Gasteiger partial charge in [0.2, 0.25) is 0 Å². The van der Waals surface area contributed by atoms with Crippen LogP contribution in [0.4, 0.5) is 11.5 Å². The number of methoxy groups -OCH3 is 1. The molecule has 0 fully saturated rings. The third-order valence-corrected chi connectivity index (χ3v) is 7.18. The average Bonchev–Trinajstić information content (AvgIpc) is 3.12. The number of nitrogens with zero attached hydrogens (tertiary/aromatic N) is 5. The number of fused-ring (bicyclic) bond motifs is 3. The Morgan fingerprint density at radius 2 is 1.84 bits per heavy atom. The molecule has 0 N–H and O–H groups in total. The van der Waals surface area contributed by atoms with Gasteiger partial charge in [0.05, 0.1) is 31.4 Å². The van der Waals surface area contributed by atoms with Crippen molar-refractivity contribution in [1.29, 1.82) is 0 Å². The quantitative estimate of drug-likeness (QED) is 0.344. The van der Waals surface area contributed by atoms with Crippen LogP contribution in [0.25, 0.3) is 22.0 Å². The van der Waals surface area contributed by atoms with E-state index in [0.29, 0.717) is 19.7 Å². The third kappa shape index (κ3) is 4.58. The highest BCUT2D eigenvalue weighted by Crippen LogP contribution is 2.38. The highest BCUT2D eigenvalue weighted by molar-refractivity contribution is 5.93. The molecule has 2 aliphatic heterocycles. The Balaban J connectivity index is 1.42. The number of anilines is 1. The summed E-state index contributed by atoms with van der Waals surface area (Å²) in [6.45, 7) is 6.90. The molecule has 1 aromatic heterocycles. The minimum absolute atomic E-state index is 0.588. The molecule has 0 unspecified atom stereocenters. The number of aromatic nitrogens is 2. The Morgan fingerprint density at radius 1 is 0.974 bits per heavy atom. The van der Waals surface area contributed by atoms with Crippen LogP contribution in [0.3, 0.4) is 0 Å². The molecule has 2 aliphatic rings. The molecular weight excluding hydrogens is 474 g/mol. The summed E-state index contributed by atoms with van der Waals surface area (Å²) in [4.78, 5) is 19.0. The van der Waals surface area contributed by atoms with Gasteiger partial charge in [0.25, 0.3) is 0 Å². The van der Waals surface area contributed by atoms with Gasteiger partial charge in [0.1, 0.15) is 29.7 Å². The second kappa shape index (κ2) is 9.72. The van der Waals surface area contributed by atoms with Gasteiger partial charge in [-0.15, -0.1) is 0 Å². The summed E-state index contributed by atoms with van der Waals surface area (Å²) in [6, 6.07) is 17.1. The zero-order valence-corrected chi connectivity index (χ0v) is 22.7. The van der Waals surface area contributed by atoms with E-state index in [9.17, 15) is 0 Å². The molecular formula is C31H33N5O2. The SMILES string of the molecule is COc1ccc2c(N3CCOc4c(C)cc(-c5ccc6c(c5)N=C(C)C6)cc4C3)nc(CN(C)C)nc2c1. The minimum atomic E-state index is 0.588. The first-order valence-electron chi connectivity index (χ1n) is 13.1. The first kappa shape index (κ1) is 24.4. The summed E-state index contributed by atoms with van der Waals surface area (Å²) in [5.41, 5.74) is 9.10. The van der Waals surface area contributed by atoms with E-state index < -0.39 is 0 Å². The zero-order chi connectivity index (χ0) is 26.4. The molecule has 0 aliphatic carbocycles. The van der Waals surface area contributed by atoms with E-state index >= 15 is 0 Å². The van der Waals surface area contributed by atoms with Gasteiger partial charge in [0.15, 0.2) is 0 Å². The van der Waals surface area contributed by atoms with Crippen molar-refractivity contribution in [2.24, 2.45) is 4.99 Å². The maximum Gasteiger partial charge on any atom is 0.145 e. The van der Waals surface area contributed by atoms with Crippen molar-refractivity contribution < 1.29 is 9.47 Å². The first-order valence-corrected chi connectivity index (χ1v) is 13.1. The maximum absolute atomic E-state index is 6.32. The van der Waals surface area contributed by atoms with Crippen LogP contribution < -0.4 is 14.4 Å². The van der Waals surface area contributed by atoms with Crippen molar-refractivity contribution >= 4 is 28.1 Å². The van der Waals surface area contributed by atoms with E-state index in [4.69, 9.17) is 24.4 Å². The van der Waals surface area contributed by atoms with Crippen LogP contribution in [-0.4, -0.2) is 54.9 Å². The first-order chi connectivity index (χ1) is 18.4. The monoisotopic (exact) mass is 507 g/mol. The number of benzene rings is 3. The molecule has 6 rings (SSSR count). The number of aliphatic imine (C=N–C) groups is 1. The van der Waals surface area contributed by atoms with Gasteiger partial charge in [-0.3, -0.25) is 4.99 Å². The Bertz CT molecular complexity index is 1580. The Hall–Kier alpha value is -3.97. The Kier molecular flexibility index (Phi) is 6.24. The van der Waals surface area contributed by atoms with Gasteiger partial charge >= 0.3 is 0 Å². The largest absolute Gasteiger partial charge is 0.497 e. The predicted octanol–water partition coefficient (Wildman–Crippen LogP) is 5.72. The van der Waals surface area contributed by atoms with Gasteiger partial charge in [-0.25, -0.2) is 9.97 Å².